The van der Waals surface area contributed by atoms with Crippen molar-refractivity contribution < 1.29 is 0 Å². The summed E-state index contributed by atoms with van der Waals surface area (Å²) in [5, 5.41) is 0. The van der Waals surface area contributed by atoms with E-state index in [2.05, 4.69) is 23.8 Å². The molecule has 0 spiro atoms. The quantitative estimate of drug-likeness (QED) is 0.683. The molecule has 0 N–H and O–H groups in total. The molecule has 0 atom stereocenters. The van der Waals surface area contributed by atoms with Gasteiger partial charge in [0.1, 0.15) is 0 Å². The normalized spacial score (nSPS) is 30.8. The number of piperidine rings is 1. The molecule has 1 nitrogen and oxygen atoms in total. The van der Waals surface area contributed by atoms with Gasteiger partial charge in [-0.2, -0.15) is 0 Å². The lowest BCUT2D eigenvalue weighted by molar-refractivity contribution is 0.195. The maximum absolute atomic E-state index is 3.36. The molecule has 2 fully saturated rings. The van der Waals surface area contributed by atoms with Gasteiger partial charge in [-0.15, -0.1) is 11.8 Å². The zero-order valence-corrected chi connectivity index (χ0v) is 12.3. The molecule has 0 amide bonds. The van der Waals surface area contributed by atoms with Gasteiger partial charge >= 0.3 is 0 Å². The van der Waals surface area contributed by atoms with E-state index < -0.39 is 0 Å². The van der Waals surface area contributed by atoms with Gasteiger partial charge in [0, 0.05) is 5.92 Å². The van der Waals surface area contributed by atoms with Crippen LogP contribution in [0.25, 0.3) is 0 Å². The molecule has 102 valence electrons. The minimum absolute atomic E-state index is 0.717. The van der Waals surface area contributed by atoms with Crippen LogP contribution < -0.4 is 0 Å². The molecule has 0 aromatic heterocycles. The molecule has 0 radical (unpaired) electrons. The van der Waals surface area contributed by atoms with Crippen molar-refractivity contribution in [2.45, 2.75) is 58.3 Å². The van der Waals surface area contributed by atoms with E-state index in [1.165, 1.54) is 64.5 Å². The minimum Gasteiger partial charge on any atom is -0.306 e. The van der Waals surface area contributed by atoms with E-state index in [0.717, 1.165) is 17.8 Å². The Morgan fingerprint density at radius 3 is 2.00 bits per heavy atom. The largest absolute Gasteiger partial charge is 0.306 e. The van der Waals surface area contributed by atoms with Crippen LogP contribution in [0.15, 0.2) is 0 Å². The third kappa shape index (κ3) is 4.32. The van der Waals surface area contributed by atoms with Crippen LogP contribution in [0.3, 0.4) is 0 Å². The van der Waals surface area contributed by atoms with E-state index in [1.807, 2.05) is 6.92 Å². The Bertz CT molecular complexity index is 282. The first-order chi connectivity index (χ1) is 8.78. The summed E-state index contributed by atoms with van der Waals surface area (Å²) < 4.78 is 0. The Balaban J connectivity index is 1.61. The highest BCUT2D eigenvalue weighted by molar-refractivity contribution is 5.02. The van der Waals surface area contributed by atoms with Crippen LogP contribution in [0.1, 0.15) is 58.3 Å². The van der Waals surface area contributed by atoms with Crippen molar-refractivity contribution in [3.05, 3.63) is 0 Å². The molecule has 0 bridgehead atoms. The zero-order chi connectivity index (χ0) is 12.8. The van der Waals surface area contributed by atoms with Crippen LogP contribution in [-0.4, -0.2) is 25.0 Å². The summed E-state index contributed by atoms with van der Waals surface area (Å²) in [4.78, 5) is 2.48. The molecule has 1 heterocycles. The Morgan fingerprint density at radius 2 is 1.44 bits per heavy atom. The van der Waals surface area contributed by atoms with Crippen molar-refractivity contribution in [1.29, 1.82) is 0 Å². The fraction of sp³-hybridized carbons (Fsp3) is 0.882. The summed E-state index contributed by atoms with van der Waals surface area (Å²) in [6.45, 7) is 4.62. The molecule has 0 aromatic carbocycles. The molecular weight excluding hydrogens is 218 g/mol. The van der Waals surface area contributed by atoms with Gasteiger partial charge < -0.3 is 4.90 Å². The topological polar surface area (TPSA) is 3.24 Å². The first-order valence-corrected chi connectivity index (χ1v) is 7.88. The Morgan fingerprint density at radius 1 is 0.889 bits per heavy atom. The zero-order valence-electron chi connectivity index (χ0n) is 12.3. The van der Waals surface area contributed by atoms with Gasteiger partial charge in [0.05, 0.1) is 0 Å². The van der Waals surface area contributed by atoms with E-state index in [9.17, 15) is 0 Å². The monoisotopic (exact) mass is 247 g/mol. The fourth-order valence-electron chi connectivity index (χ4n) is 3.62. The summed E-state index contributed by atoms with van der Waals surface area (Å²) in [7, 11) is 2.26. The molecule has 2 aliphatic rings. The minimum atomic E-state index is 0.717. The molecular formula is C17H29N. The summed E-state index contributed by atoms with van der Waals surface area (Å²) in [6.07, 6.45) is 11.4. The number of hydrogen-bond acceptors (Lipinski definition) is 1. The average Bonchev–Trinajstić information content (AvgIpc) is 2.40. The van der Waals surface area contributed by atoms with Gasteiger partial charge in [-0.25, -0.2) is 0 Å². The van der Waals surface area contributed by atoms with Crippen molar-refractivity contribution in [3.63, 3.8) is 0 Å². The van der Waals surface area contributed by atoms with Crippen LogP contribution in [0.4, 0.5) is 0 Å². The summed E-state index contributed by atoms with van der Waals surface area (Å²) in [5.41, 5.74) is 0. The predicted octanol–water partition coefficient (Wildman–Crippen LogP) is 3.94. The van der Waals surface area contributed by atoms with Gasteiger partial charge in [0.2, 0.25) is 0 Å². The van der Waals surface area contributed by atoms with E-state index in [1.54, 1.807) is 0 Å². The third-order valence-electron chi connectivity index (χ3n) is 5.02. The molecule has 18 heavy (non-hydrogen) atoms. The van der Waals surface area contributed by atoms with Crippen molar-refractivity contribution >= 4 is 0 Å². The maximum Gasteiger partial charge on any atom is 0.0203 e. The lowest BCUT2D eigenvalue weighted by Crippen LogP contribution is -2.30. The second-order valence-corrected chi connectivity index (χ2v) is 6.44. The lowest BCUT2D eigenvalue weighted by atomic mass is 9.78. The maximum atomic E-state index is 3.36. The second-order valence-electron chi connectivity index (χ2n) is 6.44. The van der Waals surface area contributed by atoms with Crippen LogP contribution in [-0.2, 0) is 0 Å². The van der Waals surface area contributed by atoms with Crippen molar-refractivity contribution in [3.8, 4) is 11.8 Å². The highest BCUT2D eigenvalue weighted by Gasteiger charge is 2.22. The molecule has 0 aromatic rings. The van der Waals surface area contributed by atoms with E-state index in [-0.39, 0.29) is 0 Å². The summed E-state index contributed by atoms with van der Waals surface area (Å²) >= 11 is 0. The van der Waals surface area contributed by atoms with Crippen molar-refractivity contribution in [1.82, 2.24) is 4.90 Å². The molecule has 1 heteroatoms. The van der Waals surface area contributed by atoms with Crippen LogP contribution in [0.2, 0.25) is 0 Å². The molecule has 2 rings (SSSR count). The van der Waals surface area contributed by atoms with Crippen molar-refractivity contribution in [2.75, 3.05) is 20.1 Å². The van der Waals surface area contributed by atoms with E-state index in [4.69, 9.17) is 0 Å². The first-order valence-electron chi connectivity index (χ1n) is 7.88. The number of rotatable bonds is 3. The second kappa shape index (κ2) is 7.19. The highest BCUT2D eigenvalue weighted by Crippen LogP contribution is 2.33. The van der Waals surface area contributed by atoms with E-state index >= 15 is 0 Å². The van der Waals surface area contributed by atoms with Crippen LogP contribution in [0.5, 0.6) is 0 Å². The molecule has 0 unspecified atom stereocenters. The Hall–Kier alpha value is -0.480. The highest BCUT2D eigenvalue weighted by atomic mass is 15.1. The standard InChI is InChI=1S/C17H29N/c1-3-4-15-5-7-16(8-6-15)9-10-17-11-13-18(2)14-12-17/h15-17H,5-14H2,1-2H3. The average molecular weight is 247 g/mol. The van der Waals surface area contributed by atoms with Gasteiger partial charge in [0.15, 0.2) is 0 Å². The smallest absolute Gasteiger partial charge is 0.0203 e. The molecule has 1 aliphatic heterocycles. The summed E-state index contributed by atoms with van der Waals surface area (Å²) in [5.74, 6) is 9.20. The third-order valence-corrected chi connectivity index (χ3v) is 5.02. The van der Waals surface area contributed by atoms with Crippen molar-refractivity contribution in [2.24, 2.45) is 17.8 Å². The number of nitrogens with zero attached hydrogens (tertiary/aromatic N) is 1. The SMILES string of the molecule is CC#CC1CCC(CCC2CCN(C)CC2)CC1. The fourth-order valence-corrected chi connectivity index (χ4v) is 3.62. The summed E-state index contributed by atoms with van der Waals surface area (Å²) in [6, 6.07) is 0. The number of hydrogen-bond donors (Lipinski definition) is 0. The first kappa shape index (κ1) is 13.9. The van der Waals surface area contributed by atoms with Gasteiger partial charge in [-0.1, -0.05) is 12.8 Å². The van der Waals surface area contributed by atoms with Gasteiger partial charge in [-0.05, 0) is 77.4 Å². The van der Waals surface area contributed by atoms with Crippen LogP contribution >= 0.6 is 0 Å². The van der Waals surface area contributed by atoms with E-state index in [0.29, 0.717) is 0 Å². The lowest BCUT2D eigenvalue weighted by Gasteiger charge is -2.31. The van der Waals surface area contributed by atoms with Gasteiger partial charge in [0.25, 0.3) is 0 Å². The predicted molar refractivity (Wildman–Crippen MR) is 78.4 cm³/mol. The molecule has 1 saturated carbocycles. The Labute approximate surface area is 113 Å². The number of likely N-dealkylation sites (tertiary alicyclic amines) is 1. The van der Waals surface area contributed by atoms with Gasteiger partial charge in [-0.3, -0.25) is 0 Å². The molecule has 1 aliphatic carbocycles. The van der Waals surface area contributed by atoms with Crippen LogP contribution in [0, 0.1) is 29.6 Å². The Kier molecular flexibility index (Phi) is 5.57. The molecule has 1 saturated heterocycles.